The summed E-state index contributed by atoms with van der Waals surface area (Å²) in [4.78, 5) is 26.4. The van der Waals surface area contributed by atoms with Gasteiger partial charge in [0, 0.05) is 10.2 Å². The van der Waals surface area contributed by atoms with E-state index in [1.807, 2.05) is 19.1 Å². The van der Waals surface area contributed by atoms with Gasteiger partial charge in [-0.2, -0.15) is 0 Å². The van der Waals surface area contributed by atoms with Gasteiger partial charge in [0.1, 0.15) is 16.5 Å². The maximum Gasteiger partial charge on any atom is 0.283 e. The van der Waals surface area contributed by atoms with Gasteiger partial charge in [-0.15, -0.1) is 0 Å². The molecule has 0 radical (unpaired) electrons. The minimum absolute atomic E-state index is 0.0419. The number of anilines is 2. The number of imide groups is 1. The van der Waals surface area contributed by atoms with E-state index >= 15 is 0 Å². The van der Waals surface area contributed by atoms with Crippen molar-refractivity contribution in [1.29, 1.82) is 0 Å². The first-order valence-electron chi connectivity index (χ1n) is 7.56. The molecule has 128 valence electrons. The molecule has 0 atom stereocenters. The second-order valence-corrected chi connectivity index (χ2v) is 6.46. The molecule has 0 aliphatic carbocycles. The molecule has 0 fully saturated rings. The van der Waals surface area contributed by atoms with Gasteiger partial charge in [0.25, 0.3) is 11.8 Å². The van der Waals surface area contributed by atoms with Gasteiger partial charge in [0.05, 0.1) is 12.3 Å². The third kappa shape index (κ3) is 3.41. The molecule has 1 aliphatic rings. The zero-order valence-corrected chi connectivity index (χ0v) is 15.6. The summed E-state index contributed by atoms with van der Waals surface area (Å²) in [6.07, 6.45) is 0. The average Bonchev–Trinajstić information content (AvgIpc) is 2.81. The summed E-state index contributed by atoms with van der Waals surface area (Å²) in [5.74, 6) is -0.662. The Hall–Kier alpha value is -2.31. The van der Waals surface area contributed by atoms with Crippen LogP contribution in [-0.4, -0.2) is 18.4 Å². The standard InChI is InChI=1S/C18H14BrClN2O3/c1-2-25-14-6-4-3-5-13(14)22-17(23)15(20)16(18(22)24)21-12-9-7-11(19)8-10-12/h3-10,21H,2H2,1H3. The number of carbonyl (C=O) groups excluding carboxylic acids is 2. The van der Waals surface area contributed by atoms with Gasteiger partial charge in [0.2, 0.25) is 0 Å². The van der Waals surface area contributed by atoms with Crippen LogP contribution in [0.4, 0.5) is 11.4 Å². The summed E-state index contributed by atoms with van der Waals surface area (Å²) >= 11 is 9.48. The van der Waals surface area contributed by atoms with Crippen LogP contribution >= 0.6 is 27.5 Å². The number of halogens is 2. The summed E-state index contributed by atoms with van der Waals surface area (Å²) in [7, 11) is 0. The predicted octanol–water partition coefficient (Wildman–Crippen LogP) is 4.28. The van der Waals surface area contributed by atoms with E-state index in [-0.39, 0.29) is 10.7 Å². The van der Waals surface area contributed by atoms with E-state index < -0.39 is 11.8 Å². The number of rotatable bonds is 5. The van der Waals surface area contributed by atoms with Gasteiger partial charge in [-0.25, -0.2) is 4.90 Å². The fourth-order valence-corrected chi connectivity index (χ4v) is 2.90. The lowest BCUT2D eigenvalue weighted by atomic mass is 10.2. The summed E-state index contributed by atoms with van der Waals surface area (Å²) in [6.45, 7) is 2.24. The van der Waals surface area contributed by atoms with E-state index in [9.17, 15) is 9.59 Å². The van der Waals surface area contributed by atoms with Crippen molar-refractivity contribution in [3.05, 3.63) is 63.7 Å². The summed E-state index contributed by atoms with van der Waals surface area (Å²) in [6, 6.07) is 14.0. The first kappa shape index (κ1) is 17.5. The Balaban J connectivity index is 1.93. The number of ether oxygens (including phenoxy) is 1. The highest BCUT2D eigenvalue weighted by molar-refractivity contribution is 9.10. The number of para-hydroxylation sites is 2. The molecule has 1 aliphatic heterocycles. The molecule has 7 heteroatoms. The van der Waals surface area contributed by atoms with Gasteiger partial charge < -0.3 is 10.1 Å². The lowest BCUT2D eigenvalue weighted by Crippen LogP contribution is -2.32. The van der Waals surface area contributed by atoms with Crippen molar-refractivity contribution in [3.8, 4) is 5.75 Å². The third-order valence-corrected chi connectivity index (χ3v) is 4.43. The Morgan fingerprint density at radius 3 is 2.44 bits per heavy atom. The minimum atomic E-state index is -0.585. The molecule has 1 heterocycles. The summed E-state index contributed by atoms with van der Waals surface area (Å²) in [5.41, 5.74) is 1.06. The Bertz CT molecular complexity index is 865. The molecule has 2 aromatic carbocycles. The smallest absolute Gasteiger partial charge is 0.283 e. The van der Waals surface area contributed by atoms with Crippen LogP contribution in [0.1, 0.15) is 6.92 Å². The number of amides is 2. The fourth-order valence-electron chi connectivity index (χ4n) is 2.43. The van der Waals surface area contributed by atoms with Crippen molar-refractivity contribution in [2.45, 2.75) is 6.92 Å². The lowest BCUT2D eigenvalue weighted by molar-refractivity contribution is -0.120. The molecule has 25 heavy (non-hydrogen) atoms. The Morgan fingerprint density at radius 1 is 1.08 bits per heavy atom. The average molecular weight is 422 g/mol. The zero-order chi connectivity index (χ0) is 18.0. The monoisotopic (exact) mass is 420 g/mol. The molecular weight excluding hydrogens is 408 g/mol. The SMILES string of the molecule is CCOc1ccccc1N1C(=O)C(Cl)=C(Nc2ccc(Br)cc2)C1=O. The second kappa shape index (κ2) is 7.29. The second-order valence-electron chi connectivity index (χ2n) is 5.17. The molecule has 2 amide bonds. The number of carbonyl (C=O) groups is 2. The first-order valence-corrected chi connectivity index (χ1v) is 8.73. The highest BCUT2D eigenvalue weighted by Gasteiger charge is 2.40. The third-order valence-electron chi connectivity index (χ3n) is 3.55. The highest BCUT2D eigenvalue weighted by Crippen LogP contribution is 2.35. The maximum atomic E-state index is 12.8. The largest absolute Gasteiger partial charge is 0.492 e. The van der Waals surface area contributed by atoms with Crippen molar-refractivity contribution in [2.75, 3.05) is 16.8 Å². The molecule has 1 N–H and O–H groups in total. The maximum absolute atomic E-state index is 12.8. The first-order chi connectivity index (χ1) is 12.0. The Kier molecular flexibility index (Phi) is 5.11. The van der Waals surface area contributed by atoms with Crippen LogP contribution in [0.3, 0.4) is 0 Å². The summed E-state index contributed by atoms with van der Waals surface area (Å²) in [5, 5.41) is 2.77. The number of nitrogens with one attached hydrogen (secondary N) is 1. The van der Waals surface area contributed by atoms with Gasteiger partial charge >= 0.3 is 0 Å². The van der Waals surface area contributed by atoms with E-state index in [1.54, 1.807) is 36.4 Å². The number of benzene rings is 2. The van der Waals surface area contributed by atoms with Crippen molar-refractivity contribution >= 4 is 50.7 Å². The van der Waals surface area contributed by atoms with E-state index in [0.717, 1.165) is 9.37 Å². The molecule has 0 spiro atoms. The van der Waals surface area contributed by atoms with Crippen LogP contribution in [0.5, 0.6) is 5.75 Å². The van der Waals surface area contributed by atoms with Crippen LogP contribution in [-0.2, 0) is 9.59 Å². The highest BCUT2D eigenvalue weighted by atomic mass is 79.9. The van der Waals surface area contributed by atoms with Crippen molar-refractivity contribution in [2.24, 2.45) is 0 Å². The molecular formula is C18H14BrClN2O3. The van der Waals surface area contributed by atoms with Crippen molar-refractivity contribution in [1.82, 2.24) is 0 Å². The molecule has 0 saturated heterocycles. The quantitative estimate of drug-likeness (QED) is 0.732. The Morgan fingerprint density at radius 2 is 1.76 bits per heavy atom. The van der Waals surface area contributed by atoms with Gasteiger partial charge in [0.15, 0.2) is 0 Å². The summed E-state index contributed by atoms with van der Waals surface area (Å²) < 4.78 is 6.42. The van der Waals surface area contributed by atoms with E-state index in [1.165, 1.54) is 0 Å². The number of hydrogen-bond acceptors (Lipinski definition) is 4. The van der Waals surface area contributed by atoms with E-state index in [2.05, 4.69) is 21.2 Å². The number of hydrogen-bond donors (Lipinski definition) is 1. The number of nitrogens with zero attached hydrogens (tertiary/aromatic N) is 1. The van der Waals surface area contributed by atoms with Crippen molar-refractivity contribution < 1.29 is 14.3 Å². The molecule has 0 saturated carbocycles. The van der Waals surface area contributed by atoms with Gasteiger partial charge in [-0.1, -0.05) is 39.7 Å². The van der Waals surface area contributed by atoms with Crippen LogP contribution in [0.25, 0.3) is 0 Å². The van der Waals surface area contributed by atoms with Gasteiger partial charge in [-0.3, -0.25) is 9.59 Å². The van der Waals surface area contributed by atoms with E-state index in [4.69, 9.17) is 16.3 Å². The molecule has 2 aromatic rings. The van der Waals surface area contributed by atoms with Crippen LogP contribution < -0.4 is 15.0 Å². The zero-order valence-electron chi connectivity index (χ0n) is 13.3. The van der Waals surface area contributed by atoms with Crippen LogP contribution in [0.2, 0.25) is 0 Å². The van der Waals surface area contributed by atoms with Crippen molar-refractivity contribution in [3.63, 3.8) is 0 Å². The predicted molar refractivity (Wildman–Crippen MR) is 101 cm³/mol. The normalized spacial score (nSPS) is 14.3. The molecule has 0 bridgehead atoms. The van der Waals surface area contributed by atoms with Gasteiger partial charge in [-0.05, 0) is 43.3 Å². The molecule has 5 nitrogen and oxygen atoms in total. The minimum Gasteiger partial charge on any atom is -0.492 e. The topological polar surface area (TPSA) is 58.6 Å². The molecule has 3 rings (SSSR count). The molecule has 0 unspecified atom stereocenters. The fraction of sp³-hybridized carbons (Fsp3) is 0.111. The van der Waals surface area contributed by atoms with Crippen LogP contribution in [0, 0.1) is 0 Å². The molecule has 0 aromatic heterocycles. The lowest BCUT2D eigenvalue weighted by Gasteiger charge is -2.18. The van der Waals surface area contributed by atoms with E-state index in [0.29, 0.717) is 23.7 Å². The Labute approximate surface area is 158 Å². The van der Waals surface area contributed by atoms with Crippen LogP contribution in [0.15, 0.2) is 63.7 Å².